The van der Waals surface area contributed by atoms with Gasteiger partial charge < -0.3 is 4.12 Å². The maximum atomic E-state index is 8.91. The van der Waals surface area contributed by atoms with Crippen LogP contribution in [0.3, 0.4) is 0 Å². The van der Waals surface area contributed by atoms with E-state index in [-0.39, 0.29) is 0 Å². The summed E-state index contributed by atoms with van der Waals surface area (Å²) in [4.78, 5) is 4.61. The lowest BCUT2D eigenvalue weighted by molar-refractivity contribution is 0.534. The van der Waals surface area contributed by atoms with E-state index in [4.69, 9.17) is 9.38 Å². The molecule has 168 valence electrons. The Balaban J connectivity index is 1.56. The summed E-state index contributed by atoms with van der Waals surface area (Å²) in [5.41, 5.74) is 4.02. The fraction of sp³-hybridized carbons (Fsp3) is 0.538. The summed E-state index contributed by atoms with van der Waals surface area (Å²) in [5.74, 6) is 0. The summed E-state index contributed by atoms with van der Waals surface area (Å²) in [6.45, 7) is 11.7. The van der Waals surface area contributed by atoms with Gasteiger partial charge in [0.15, 0.2) is 16.6 Å². The van der Waals surface area contributed by atoms with E-state index in [0.29, 0.717) is 5.56 Å². The molecule has 5 heteroatoms. The average molecular weight is 453 g/mol. The molecule has 0 N–H and O–H groups in total. The lowest BCUT2D eigenvalue weighted by atomic mass is 10.0. The molecule has 0 aliphatic heterocycles. The van der Waals surface area contributed by atoms with Crippen molar-refractivity contribution in [2.75, 3.05) is 0 Å². The van der Waals surface area contributed by atoms with Crippen LogP contribution < -0.4 is 0 Å². The minimum Gasteiger partial charge on any atom is -0.456 e. The van der Waals surface area contributed by atoms with Crippen molar-refractivity contribution in [1.82, 2.24) is 4.98 Å². The van der Waals surface area contributed by atoms with Gasteiger partial charge in [0.25, 0.3) is 0 Å². The molecule has 31 heavy (non-hydrogen) atoms. The smallest absolute Gasteiger partial charge is 0.173 e. The Kier molecular flexibility index (Phi) is 10.1. The number of hydrogen-bond acceptors (Lipinski definition) is 3. The van der Waals surface area contributed by atoms with Crippen LogP contribution in [-0.4, -0.2) is 21.6 Å². The normalized spacial score (nSPS) is 12.0. The highest BCUT2D eigenvalue weighted by atomic mass is 28.4. The van der Waals surface area contributed by atoms with E-state index in [1.165, 1.54) is 56.6 Å². The van der Waals surface area contributed by atoms with Gasteiger partial charge in [-0.1, -0.05) is 56.7 Å². The van der Waals surface area contributed by atoms with Crippen LogP contribution in [0, 0.1) is 11.3 Å². The van der Waals surface area contributed by atoms with Crippen molar-refractivity contribution >= 4 is 16.6 Å². The summed E-state index contributed by atoms with van der Waals surface area (Å²) in [6.07, 6.45) is 12.4. The predicted molar refractivity (Wildman–Crippen MR) is 137 cm³/mol. The summed E-state index contributed by atoms with van der Waals surface area (Å²) in [5, 5.41) is 8.91. The van der Waals surface area contributed by atoms with Crippen LogP contribution >= 0.6 is 0 Å². The van der Waals surface area contributed by atoms with Crippen molar-refractivity contribution in [3.05, 3.63) is 53.7 Å². The number of pyridine rings is 1. The third-order valence-electron chi connectivity index (χ3n) is 5.46. The second-order valence-corrected chi connectivity index (χ2v) is 19.3. The number of nitrogens with zero attached hydrogens (tertiary/aromatic N) is 2. The number of rotatable bonds is 13. The fourth-order valence-electron chi connectivity index (χ4n) is 4.10. The molecule has 1 heterocycles. The van der Waals surface area contributed by atoms with Crippen LogP contribution in [-0.2, 0) is 10.5 Å². The lowest BCUT2D eigenvalue weighted by Crippen LogP contribution is -2.42. The highest BCUT2D eigenvalue weighted by Crippen LogP contribution is 2.22. The average Bonchev–Trinajstić information content (AvgIpc) is 2.71. The van der Waals surface area contributed by atoms with E-state index >= 15 is 0 Å². The second-order valence-electron chi connectivity index (χ2n) is 10.2. The molecular formula is C26H40N2OSi2. The number of benzene rings is 1. The van der Waals surface area contributed by atoms with Gasteiger partial charge >= 0.3 is 0 Å². The number of aromatic nitrogens is 1. The maximum absolute atomic E-state index is 8.91. The van der Waals surface area contributed by atoms with Crippen LogP contribution in [0.2, 0.25) is 38.8 Å². The Hall–Kier alpha value is -1.75. The number of nitriles is 1. The van der Waals surface area contributed by atoms with E-state index < -0.39 is 16.6 Å². The molecule has 1 aromatic heterocycles. The molecule has 0 spiro atoms. The Morgan fingerprint density at radius 3 is 1.97 bits per heavy atom. The van der Waals surface area contributed by atoms with Crippen LogP contribution in [0.25, 0.3) is 11.3 Å². The van der Waals surface area contributed by atoms with Crippen LogP contribution in [0.15, 0.2) is 42.6 Å². The SMILES string of the molecule is C[Si](C)(C)O[Si](C)(C)CCCCCCCCCc1ccc(-c2ccc(C#N)cc2)nc1. The maximum Gasteiger partial charge on any atom is 0.173 e. The highest BCUT2D eigenvalue weighted by Gasteiger charge is 2.28. The van der Waals surface area contributed by atoms with E-state index in [2.05, 4.69) is 55.9 Å². The molecule has 3 nitrogen and oxygen atoms in total. The van der Waals surface area contributed by atoms with Gasteiger partial charge in [0.1, 0.15) is 0 Å². The van der Waals surface area contributed by atoms with Gasteiger partial charge in [-0.05, 0) is 75.4 Å². The molecule has 0 saturated carbocycles. The zero-order valence-electron chi connectivity index (χ0n) is 20.2. The second kappa shape index (κ2) is 12.3. The van der Waals surface area contributed by atoms with Crippen molar-refractivity contribution in [3.8, 4) is 17.3 Å². The minimum absolute atomic E-state index is 0.683. The van der Waals surface area contributed by atoms with Gasteiger partial charge in [0.05, 0.1) is 17.3 Å². The largest absolute Gasteiger partial charge is 0.456 e. The van der Waals surface area contributed by atoms with Gasteiger partial charge in [-0.3, -0.25) is 4.98 Å². The predicted octanol–water partition coefficient (Wildman–Crippen LogP) is 7.95. The van der Waals surface area contributed by atoms with Crippen molar-refractivity contribution < 1.29 is 4.12 Å². The van der Waals surface area contributed by atoms with Crippen molar-refractivity contribution in [2.24, 2.45) is 0 Å². The standard InChI is InChI=1S/C26H40N2OSi2/c1-30(2,3)29-31(4,5)20-12-10-8-6-7-9-11-13-24-16-19-26(28-22-24)25-17-14-23(21-27)15-18-25/h14-19,22H,6-13,20H2,1-5H3. The Morgan fingerprint density at radius 2 is 1.42 bits per heavy atom. The first-order valence-electron chi connectivity index (χ1n) is 11.8. The van der Waals surface area contributed by atoms with Crippen LogP contribution in [0.4, 0.5) is 0 Å². The molecule has 0 aliphatic rings. The number of unbranched alkanes of at least 4 members (excludes halogenated alkanes) is 6. The summed E-state index contributed by atoms with van der Waals surface area (Å²) in [7, 11) is -2.83. The molecule has 0 atom stereocenters. The van der Waals surface area contributed by atoms with Crippen LogP contribution in [0.1, 0.15) is 56.1 Å². The van der Waals surface area contributed by atoms with E-state index in [9.17, 15) is 0 Å². The summed E-state index contributed by atoms with van der Waals surface area (Å²) in [6, 6.07) is 15.3. The summed E-state index contributed by atoms with van der Waals surface area (Å²) >= 11 is 0. The zero-order valence-corrected chi connectivity index (χ0v) is 22.2. The minimum atomic E-state index is -1.44. The molecule has 0 unspecified atom stereocenters. The molecule has 0 aliphatic carbocycles. The number of aryl methyl sites for hydroxylation is 1. The van der Waals surface area contributed by atoms with E-state index in [0.717, 1.165) is 17.7 Å². The van der Waals surface area contributed by atoms with E-state index in [1.807, 2.05) is 30.5 Å². The Morgan fingerprint density at radius 1 is 0.806 bits per heavy atom. The van der Waals surface area contributed by atoms with Crippen molar-refractivity contribution in [3.63, 3.8) is 0 Å². The summed E-state index contributed by atoms with van der Waals surface area (Å²) < 4.78 is 6.43. The molecule has 0 bridgehead atoms. The first-order chi connectivity index (χ1) is 14.7. The van der Waals surface area contributed by atoms with Gasteiger partial charge in [0.2, 0.25) is 0 Å². The third-order valence-corrected chi connectivity index (χ3v) is 11.7. The van der Waals surface area contributed by atoms with Crippen molar-refractivity contribution in [1.29, 1.82) is 5.26 Å². The molecule has 0 radical (unpaired) electrons. The van der Waals surface area contributed by atoms with Crippen LogP contribution in [0.5, 0.6) is 0 Å². The molecule has 2 aromatic rings. The first kappa shape index (κ1) is 25.5. The number of hydrogen-bond donors (Lipinski definition) is 0. The highest BCUT2D eigenvalue weighted by molar-refractivity contribution is 6.84. The molecule has 2 rings (SSSR count). The van der Waals surface area contributed by atoms with Gasteiger partial charge in [0, 0.05) is 11.8 Å². The molecule has 0 amide bonds. The Labute approximate surface area is 192 Å². The monoisotopic (exact) mass is 452 g/mol. The first-order valence-corrected chi connectivity index (χ1v) is 18.4. The van der Waals surface area contributed by atoms with Gasteiger partial charge in [-0.25, -0.2) is 0 Å². The zero-order chi connectivity index (χ0) is 22.7. The molecular weight excluding hydrogens is 412 g/mol. The Bertz CT molecular complexity index is 818. The lowest BCUT2D eigenvalue weighted by Gasteiger charge is -2.31. The molecule has 0 fully saturated rings. The van der Waals surface area contributed by atoms with E-state index in [1.54, 1.807) is 0 Å². The van der Waals surface area contributed by atoms with Gasteiger partial charge in [-0.2, -0.15) is 5.26 Å². The quantitative estimate of drug-likeness (QED) is 0.229. The molecule has 1 aromatic carbocycles. The molecule has 0 saturated heterocycles. The third kappa shape index (κ3) is 10.4. The fourth-order valence-corrected chi connectivity index (χ4v) is 12.2. The van der Waals surface area contributed by atoms with Crippen molar-refractivity contribution in [2.45, 2.75) is 90.1 Å². The van der Waals surface area contributed by atoms with Gasteiger partial charge in [-0.15, -0.1) is 0 Å². The topological polar surface area (TPSA) is 45.9 Å².